The van der Waals surface area contributed by atoms with E-state index in [1.165, 1.54) is 23.5 Å². The van der Waals surface area contributed by atoms with Crippen molar-refractivity contribution in [3.8, 4) is 11.4 Å². The highest BCUT2D eigenvalue weighted by Gasteiger charge is 2.24. The van der Waals surface area contributed by atoms with E-state index >= 15 is 0 Å². The molecule has 1 fully saturated rings. The number of benzene rings is 2. The molecule has 188 valence electrons. The maximum Gasteiger partial charge on any atom is 0.397 e. The summed E-state index contributed by atoms with van der Waals surface area (Å²) < 4.78 is 43.1. The minimum atomic E-state index is -4.64. The summed E-state index contributed by atoms with van der Waals surface area (Å²) in [5.74, 6) is 0.840. The van der Waals surface area contributed by atoms with Crippen LogP contribution in [0.15, 0.2) is 59.7 Å². The lowest BCUT2D eigenvalue weighted by Crippen LogP contribution is -2.46. The van der Waals surface area contributed by atoms with Crippen LogP contribution < -0.4 is 20.2 Å². The van der Waals surface area contributed by atoms with Crippen molar-refractivity contribution in [2.24, 2.45) is 0 Å². The molecular formula is C23H29N5O6S. The number of hydrogen-bond donors (Lipinski definition) is 1. The number of piperazine rings is 1. The second-order valence-electron chi connectivity index (χ2n) is 8.39. The van der Waals surface area contributed by atoms with E-state index in [1.807, 2.05) is 36.4 Å². The summed E-state index contributed by atoms with van der Waals surface area (Å²) in [7, 11) is -2.98. The van der Waals surface area contributed by atoms with E-state index in [0.29, 0.717) is 5.69 Å². The Morgan fingerprint density at radius 1 is 0.886 bits per heavy atom. The van der Waals surface area contributed by atoms with Crippen LogP contribution in [0.1, 0.15) is 19.9 Å². The Morgan fingerprint density at radius 2 is 1.37 bits per heavy atom. The Kier molecular flexibility index (Phi) is 7.15. The molecule has 3 aromatic rings. The monoisotopic (exact) mass is 503 g/mol. The van der Waals surface area contributed by atoms with Crippen molar-refractivity contribution in [2.75, 3.05) is 43.1 Å². The van der Waals surface area contributed by atoms with Crippen molar-refractivity contribution < 1.29 is 21.9 Å². The molecule has 1 aliphatic heterocycles. The van der Waals surface area contributed by atoms with Crippen LogP contribution in [0.2, 0.25) is 0 Å². The quantitative estimate of drug-likeness (QED) is 0.461. The van der Waals surface area contributed by atoms with Gasteiger partial charge in [-0.25, -0.2) is 18.2 Å². The standard InChI is InChI=1S/C23H29N5O6S/c1-17(18(2)34-35(30,31)32)28-23(29)27(16-24-28)21-6-4-19(5-7-21)25-12-14-26(15-13-25)20-8-10-22(33-3)11-9-20/h4-11,16-18H,12-15H2,1-3H3,(H,30,31,32)/t17-,18+/m1/s1. The first-order chi connectivity index (χ1) is 16.7. The van der Waals surface area contributed by atoms with Gasteiger partial charge in [0.15, 0.2) is 0 Å². The van der Waals surface area contributed by atoms with Crippen LogP contribution in [-0.2, 0) is 14.6 Å². The third kappa shape index (κ3) is 5.66. The second-order valence-corrected chi connectivity index (χ2v) is 9.43. The van der Waals surface area contributed by atoms with Gasteiger partial charge < -0.3 is 14.5 Å². The van der Waals surface area contributed by atoms with Crippen LogP contribution in [0.5, 0.6) is 5.75 Å². The van der Waals surface area contributed by atoms with Crippen LogP contribution in [0.3, 0.4) is 0 Å². The molecule has 0 saturated carbocycles. The van der Waals surface area contributed by atoms with Crippen molar-refractivity contribution >= 4 is 21.8 Å². The largest absolute Gasteiger partial charge is 0.497 e. The summed E-state index contributed by atoms with van der Waals surface area (Å²) >= 11 is 0. The fraction of sp³-hybridized carbons (Fsp3) is 0.391. The third-order valence-electron chi connectivity index (χ3n) is 6.24. The molecular weight excluding hydrogens is 474 g/mol. The maximum absolute atomic E-state index is 12.9. The normalized spacial score (nSPS) is 16.2. The van der Waals surface area contributed by atoms with E-state index in [0.717, 1.165) is 42.3 Å². The van der Waals surface area contributed by atoms with Gasteiger partial charge in [0.25, 0.3) is 0 Å². The molecule has 0 amide bonds. The van der Waals surface area contributed by atoms with E-state index < -0.39 is 28.2 Å². The number of hydrogen-bond acceptors (Lipinski definition) is 8. The van der Waals surface area contributed by atoms with Gasteiger partial charge in [-0.15, -0.1) is 0 Å². The minimum absolute atomic E-state index is 0.441. The number of nitrogens with zero attached hydrogens (tertiary/aromatic N) is 5. The molecule has 2 atom stereocenters. The van der Waals surface area contributed by atoms with Crippen molar-refractivity contribution in [2.45, 2.75) is 26.0 Å². The average molecular weight is 504 g/mol. The second kappa shape index (κ2) is 10.1. The Balaban J connectivity index is 1.41. The average Bonchev–Trinajstić information content (AvgIpc) is 3.24. The zero-order valence-electron chi connectivity index (χ0n) is 19.8. The summed E-state index contributed by atoms with van der Waals surface area (Å²) in [4.78, 5) is 17.5. The first kappa shape index (κ1) is 24.8. The molecule has 0 radical (unpaired) electrons. The zero-order valence-corrected chi connectivity index (χ0v) is 20.6. The van der Waals surface area contributed by atoms with Gasteiger partial charge in [0.05, 0.1) is 24.9 Å². The molecule has 1 N–H and O–H groups in total. The molecule has 0 spiro atoms. The van der Waals surface area contributed by atoms with Crippen molar-refractivity contribution in [3.05, 3.63) is 65.3 Å². The molecule has 0 unspecified atom stereocenters. The van der Waals surface area contributed by atoms with Crippen LogP contribution in [0.25, 0.3) is 5.69 Å². The molecule has 2 heterocycles. The number of ether oxygens (including phenoxy) is 1. The lowest BCUT2D eigenvalue weighted by atomic mass is 10.2. The summed E-state index contributed by atoms with van der Waals surface area (Å²) in [6.45, 7) is 6.54. The third-order valence-corrected chi connectivity index (χ3v) is 6.79. The highest BCUT2D eigenvalue weighted by atomic mass is 32.3. The van der Waals surface area contributed by atoms with Gasteiger partial charge in [0, 0.05) is 37.6 Å². The van der Waals surface area contributed by atoms with Gasteiger partial charge in [-0.1, -0.05) is 0 Å². The molecule has 0 aliphatic carbocycles. The Hall–Kier alpha value is -3.35. The topological polar surface area (TPSA) is 119 Å². The van der Waals surface area contributed by atoms with Gasteiger partial charge in [-0.3, -0.25) is 4.55 Å². The Morgan fingerprint density at radius 3 is 1.86 bits per heavy atom. The van der Waals surface area contributed by atoms with Crippen LogP contribution in [0.4, 0.5) is 11.4 Å². The summed E-state index contributed by atoms with van der Waals surface area (Å²) in [6, 6.07) is 15.0. The van der Waals surface area contributed by atoms with Gasteiger partial charge in [-0.2, -0.15) is 13.5 Å². The number of methoxy groups -OCH3 is 1. The van der Waals surface area contributed by atoms with Crippen LogP contribution in [0, 0.1) is 0 Å². The first-order valence-electron chi connectivity index (χ1n) is 11.2. The zero-order chi connectivity index (χ0) is 25.2. The smallest absolute Gasteiger partial charge is 0.397 e. The molecule has 4 rings (SSSR count). The van der Waals surface area contributed by atoms with Crippen LogP contribution >= 0.6 is 0 Å². The van der Waals surface area contributed by atoms with E-state index in [4.69, 9.17) is 9.29 Å². The fourth-order valence-corrected chi connectivity index (χ4v) is 4.63. The van der Waals surface area contributed by atoms with Crippen molar-refractivity contribution in [1.82, 2.24) is 14.3 Å². The van der Waals surface area contributed by atoms with Gasteiger partial charge in [0.1, 0.15) is 12.1 Å². The van der Waals surface area contributed by atoms with E-state index in [2.05, 4.69) is 31.2 Å². The molecule has 12 heteroatoms. The van der Waals surface area contributed by atoms with Crippen molar-refractivity contribution in [1.29, 1.82) is 0 Å². The Bertz CT molecular complexity index is 1300. The Labute approximate surface area is 204 Å². The molecule has 11 nitrogen and oxygen atoms in total. The first-order valence-corrected chi connectivity index (χ1v) is 12.6. The predicted molar refractivity (Wildman–Crippen MR) is 132 cm³/mol. The van der Waals surface area contributed by atoms with Gasteiger partial charge in [-0.05, 0) is 62.4 Å². The van der Waals surface area contributed by atoms with E-state index in [-0.39, 0.29) is 0 Å². The lowest BCUT2D eigenvalue weighted by Gasteiger charge is -2.37. The minimum Gasteiger partial charge on any atom is -0.497 e. The molecule has 0 bridgehead atoms. The molecule has 1 aromatic heterocycles. The molecule has 1 aliphatic rings. The van der Waals surface area contributed by atoms with Crippen molar-refractivity contribution in [3.63, 3.8) is 0 Å². The summed E-state index contributed by atoms with van der Waals surface area (Å²) in [5.41, 5.74) is 2.43. The number of rotatable bonds is 8. The summed E-state index contributed by atoms with van der Waals surface area (Å²) in [5, 5.41) is 4.09. The lowest BCUT2D eigenvalue weighted by molar-refractivity contribution is 0.142. The number of anilines is 2. The fourth-order valence-electron chi connectivity index (χ4n) is 4.08. The maximum atomic E-state index is 12.9. The highest BCUT2D eigenvalue weighted by Crippen LogP contribution is 2.23. The number of aromatic nitrogens is 3. The van der Waals surface area contributed by atoms with E-state index in [1.54, 1.807) is 14.0 Å². The molecule has 1 saturated heterocycles. The predicted octanol–water partition coefficient (Wildman–Crippen LogP) is 2.14. The van der Waals surface area contributed by atoms with Gasteiger partial charge >= 0.3 is 16.1 Å². The highest BCUT2D eigenvalue weighted by molar-refractivity contribution is 7.80. The molecule has 35 heavy (non-hydrogen) atoms. The SMILES string of the molecule is COc1ccc(N2CCN(c3ccc(-n4cnn([C@H](C)[C@H](C)OS(=O)(=O)O)c4=O)cc3)CC2)cc1. The van der Waals surface area contributed by atoms with Gasteiger partial charge in [0.2, 0.25) is 0 Å². The van der Waals surface area contributed by atoms with Crippen LogP contribution in [-0.4, -0.2) is 66.7 Å². The molecule has 2 aromatic carbocycles. The van der Waals surface area contributed by atoms with E-state index in [9.17, 15) is 13.2 Å². The summed E-state index contributed by atoms with van der Waals surface area (Å²) in [6.07, 6.45) is 0.395.